The van der Waals surface area contributed by atoms with Crippen LogP contribution in [0.2, 0.25) is 40.2 Å². The van der Waals surface area contributed by atoms with Gasteiger partial charge in [-0.2, -0.15) is 0 Å². The van der Waals surface area contributed by atoms with E-state index in [1.807, 2.05) is 84.0 Å². The summed E-state index contributed by atoms with van der Waals surface area (Å²) in [5.74, 6) is -0.283. The molecule has 7 aromatic rings. The summed E-state index contributed by atoms with van der Waals surface area (Å²) in [6.07, 6.45) is 0. The van der Waals surface area contributed by atoms with Gasteiger partial charge >= 0.3 is 0 Å². The van der Waals surface area contributed by atoms with Crippen molar-refractivity contribution in [3.8, 4) is 0 Å². The molecule has 486 valence electrons. The molecule has 0 nitrogen and oxygen atoms in total. The van der Waals surface area contributed by atoms with Crippen molar-refractivity contribution in [2.75, 3.05) is 0 Å². The Bertz CT molecular complexity index is 3070. The van der Waals surface area contributed by atoms with Crippen molar-refractivity contribution >= 4 is 92.8 Å². The summed E-state index contributed by atoms with van der Waals surface area (Å²) in [5.41, 5.74) is 13.9. The van der Waals surface area contributed by atoms with Crippen LogP contribution in [0.4, 0.5) is 4.39 Å². The first-order valence-corrected chi connectivity index (χ1v) is 31.7. The molecule has 0 aliphatic carbocycles. The lowest BCUT2D eigenvalue weighted by atomic mass is 9.86. The van der Waals surface area contributed by atoms with Gasteiger partial charge < -0.3 is 0 Å². The fraction of sp³-hybridized carbons (Fsp3) is 0.462. The number of rotatable bonds is 0. The highest BCUT2D eigenvalue weighted by atomic mass is 35.5. The van der Waals surface area contributed by atoms with Crippen LogP contribution in [0.25, 0.3) is 0 Å². The monoisotopic (exact) mass is 1350 g/mol. The Morgan fingerprint density at radius 2 is 0.598 bits per heavy atom. The maximum Gasteiger partial charge on any atom is 0.145 e. The van der Waals surface area contributed by atoms with Gasteiger partial charge in [-0.1, -0.05) is 345 Å². The Balaban J connectivity index is -0.000000942. The fourth-order valence-electron chi connectivity index (χ4n) is 8.14. The van der Waals surface area contributed by atoms with Gasteiger partial charge in [0.2, 0.25) is 0 Å². The minimum absolute atomic E-state index is 0. The molecule has 0 N–H and O–H groups in total. The molecule has 0 spiro atoms. The molecule has 7 aromatic carbocycles. The lowest BCUT2D eigenvalue weighted by Crippen LogP contribution is -2.13. The van der Waals surface area contributed by atoms with Crippen LogP contribution in [-0.2, 0) is 37.9 Å². The van der Waals surface area contributed by atoms with Gasteiger partial charge in [-0.3, -0.25) is 0 Å². The molecule has 87 heavy (non-hydrogen) atoms. The summed E-state index contributed by atoms with van der Waals surface area (Å²) in [6, 6.07) is 42.5. The van der Waals surface area contributed by atoms with Gasteiger partial charge in [-0.15, -0.1) is 0 Å². The Hall–Kier alpha value is -3.21. The number of halogens is 9. The van der Waals surface area contributed by atoms with Gasteiger partial charge in [-0.05, 0) is 182 Å². The zero-order chi connectivity index (χ0) is 65.5. The van der Waals surface area contributed by atoms with Crippen LogP contribution >= 0.6 is 92.8 Å². The summed E-state index contributed by atoms with van der Waals surface area (Å²) in [6.45, 7) is 54.7. The van der Waals surface area contributed by atoms with Crippen molar-refractivity contribution in [1.82, 2.24) is 0 Å². The summed E-state index contributed by atoms with van der Waals surface area (Å²) in [5, 5.41) is 5.86. The first-order valence-electron chi connectivity index (χ1n) is 28.6. The summed E-state index contributed by atoms with van der Waals surface area (Å²) in [7, 11) is 0. The standard InChI is InChI=1S/C11H14Cl2.C11H14ClF.3C11H15Cl.C10H12Cl2.C10H14.3CH4/c1-7-5-8(12)10(9(13)6-7)11(2,3)4;1-7-5-6-8(11(2,3)4)10(13)9(7)12;2*1-8-5-6-9(7-10(8)12)11(2,3)4;1-8-5-6-9(10(12)7-8)11(2,3)4;1-10(2,3)9-7(11)5-4-6-8(9)12;1-10(2,3)9-7-5-4-6-8-9;;;/h2*5-6H,1-4H3;3*5-7H,1-4H3;4-6H,1-3H3;4-8H,1-3H3;3*1H4. The molecule has 0 aromatic heterocycles. The molecule has 0 aliphatic heterocycles. The van der Waals surface area contributed by atoms with Gasteiger partial charge in [0.15, 0.2) is 0 Å². The normalized spacial score (nSPS) is 11.3. The predicted octanol–water partition coefficient (Wildman–Crippen LogP) is 29.7. The highest BCUT2D eigenvalue weighted by Gasteiger charge is 2.23. The molecule has 0 heterocycles. The molecule has 0 radical (unpaired) electrons. The average Bonchev–Trinajstić information content (AvgIpc) is 3.10. The maximum absolute atomic E-state index is 13.6. The zero-order valence-corrected chi connectivity index (χ0v) is 61.6. The van der Waals surface area contributed by atoms with Crippen molar-refractivity contribution in [2.24, 2.45) is 0 Å². The SMILES string of the molecule is C.C.C.CC(C)(C)c1c(Cl)cccc1Cl.CC(C)(C)c1ccccc1.Cc1cc(Cl)c(C(C)(C)C)c(Cl)c1.Cc1ccc(C(C)(C)C)c(Cl)c1.Cc1ccc(C(C)(C)C)c(F)c1Cl.Cc1ccc(C(C)(C)C)cc1Cl.Cc1ccc(C(C)(C)C)cc1Cl. The Labute approximate surface area is 573 Å². The molecular formula is C78H111Cl8F. The molecule has 0 bridgehead atoms. The van der Waals surface area contributed by atoms with Crippen LogP contribution in [0.1, 0.15) is 234 Å². The van der Waals surface area contributed by atoms with E-state index in [4.69, 9.17) is 92.8 Å². The van der Waals surface area contributed by atoms with Gasteiger partial charge in [0.25, 0.3) is 0 Å². The van der Waals surface area contributed by atoms with E-state index in [1.165, 1.54) is 27.8 Å². The summed E-state index contributed by atoms with van der Waals surface area (Å²) >= 11 is 48.3. The third-order valence-corrected chi connectivity index (χ3v) is 16.2. The molecule has 0 saturated carbocycles. The molecule has 0 aliphatic rings. The van der Waals surface area contributed by atoms with E-state index in [1.54, 1.807) is 13.0 Å². The van der Waals surface area contributed by atoms with Gasteiger partial charge in [-0.25, -0.2) is 4.39 Å². The minimum Gasteiger partial charge on any atom is -0.205 e. The highest BCUT2D eigenvalue weighted by Crippen LogP contribution is 2.38. The number of hydrogen-bond acceptors (Lipinski definition) is 0. The van der Waals surface area contributed by atoms with Crippen LogP contribution in [0.3, 0.4) is 0 Å². The molecule has 9 heteroatoms. The van der Waals surface area contributed by atoms with Gasteiger partial charge in [0.1, 0.15) is 5.82 Å². The van der Waals surface area contributed by atoms with Crippen LogP contribution in [0, 0.1) is 40.4 Å². The van der Waals surface area contributed by atoms with Crippen molar-refractivity contribution in [2.45, 2.75) is 240 Å². The molecule has 0 fully saturated rings. The average molecular weight is 1350 g/mol. The fourth-order valence-corrected chi connectivity index (χ4v) is 11.3. The molecule has 0 unspecified atom stereocenters. The van der Waals surface area contributed by atoms with Crippen LogP contribution in [0.5, 0.6) is 0 Å². The quantitative estimate of drug-likeness (QED) is 0.142. The van der Waals surface area contributed by atoms with E-state index in [0.29, 0.717) is 11.0 Å². The van der Waals surface area contributed by atoms with Gasteiger partial charge in [0, 0.05) is 35.2 Å². The Morgan fingerprint density at radius 1 is 0.264 bits per heavy atom. The third-order valence-electron chi connectivity index (χ3n) is 13.4. The highest BCUT2D eigenvalue weighted by molar-refractivity contribution is 6.37. The van der Waals surface area contributed by atoms with E-state index in [-0.39, 0.29) is 65.6 Å². The second kappa shape index (κ2) is 36.7. The van der Waals surface area contributed by atoms with E-state index < -0.39 is 0 Å². The van der Waals surface area contributed by atoms with Crippen LogP contribution in [-0.4, -0.2) is 0 Å². The molecule has 0 saturated heterocycles. The summed E-state index contributed by atoms with van der Waals surface area (Å²) < 4.78 is 13.6. The first kappa shape index (κ1) is 88.0. The Kier molecular flexibility index (Phi) is 37.2. The minimum atomic E-state index is -0.283. The predicted molar refractivity (Wildman–Crippen MR) is 400 cm³/mol. The maximum atomic E-state index is 13.6. The molecular weight excluding hydrogens is 1240 g/mol. The second-order valence-corrected chi connectivity index (χ2v) is 32.0. The zero-order valence-electron chi connectivity index (χ0n) is 55.5. The molecule has 7 rings (SSSR count). The van der Waals surface area contributed by atoms with E-state index >= 15 is 0 Å². The van der Waals surface area contributed by atoms with E-state index in [9.17, 15) is 4.39 Å². The topological polar surface area (TPSA) is 0 Å². The van der Waals surface area contributed by atoms with Crippen LogP contribution in [0.15, 0.2) is 127 Å². The first-order chi connectivity index (χ1) is 37.9. The Morgan fingerprint density at radius 3 is 0.897 bits per heavy atom. The van der Waals surface area contributed by atoms with Crippen molar-refractivity contribution in [3.05, 3.63) is 240 Å². The van der Waals surface area contributed by atoms with E-state index in [0.717, 1.165) is 68.5 Å². The second-order valence-electron chi connectivity index (χ2n) is 28.8. The molecule has 0 atom stereocenters. The van der Waals surface area contributed by atoms with Crippen molar-refractivity contribution in [3.63, 3.8) is 0 Å². The molecule has 0 amide bonds. The smallest absolute Gasteiger partial charge is 0.145 e. The largest absolute Gasteiger partial charge is 0.205 e. The number of hydrogen-bond donors (Lipinski definition) is 0. The van der Waals surface area contributed by atoms with Crippen molar-refractivity contribution in [1.29, 1.82) is 0 Å². The summed E-state index contributed by atoms with van der Waals surface area (Å²) in [4.78, 5) is 0. The van der Waals surface area contributed by atoms with Crippen LogP contribution < -0.4 is 0 Å². The lowest BCUT2D eigenvalue weighted by molar-refractivity contribution is 0.522. The third kappa shape index (κ3) is 30.6. The van der Waals surface area contributed by atoms with Crippen molar-refractivity contribution < 1.29 is 4.39 Å². The van der Waals surface area contributed by atoms with E-state index in [2.05, 4.69) is 210 Å². The van der Waals surface area contributed by atoms with Gasteiger partial charge in [0.05, 0.1) is 5.02 Å². The lowest BCUT2D eigenvalue weighted by Gasteiger charge is -2.22. The number of aryl methyl sites for hydroxylation is 5. The number of benzene rings is 7.